The monoisotopic (exact) mass is 152 g/mol. The number of hydrogen-bond donors (Lipinski definition) is 0. The Morgan fingerprint density at radius 3 is 2.50 bits per heavy atom. The molecule has 5 heteroatoms. The van der Waals surface area contributed by atoms with E-state index in [0.717, 1.165) is 6.92 Å². The van der Waals surface area contributed by atoms with E-state index in [4.69, 9.17) is 0 Å². The Kier molecular flexibility index (Phi) is 1.50. The first kappa shape index (κ1) is 7.24. The maximum Gasteiger partial charge on any atom is 0.509 e. The maximum absolute atomic E-state index is 11.9. The Hall–Kier alpha value is -0.870. The van der Waals surface area contributed by atoms with Crippen LogP contribution in [0.2, 0.25) is 0 Å². The van der Waals surface area contributed by atoms with E-state index in [2.05, 4.69) is 9.47 Å². The van der Waals surface area contributed by atoms with Crippen molar-refractivity contribution in [2.24, 2.45) is 0 Å². The summed E-state index contributed by atoms with van der Waals surface area (Å²) in [5.74, 6) is 0. The van der Waals surface area contributed by atoms with Gasteiger partial charge in [0.1, 0.15) is 6.61 Å². The van der Waals surface area contributed by atoms with E-state index in [1.54, 1.807) is 0 Å². The third kappa shape index (κ3) is 1.03. The Labute approximate surface area is 55.9 Å². The number of hydrogen-bond acceptors (Lipinski definition) is 3. The molecule has 0 aliphatic carbocycles. The molecule has 0 aromatic rings. The van der Waals surface area contributed by atoms with Crippen LogP contribution < -0.4 is 0 Å². The van der Waals surface area contributed by atoms with Crippen LogP contribution in [0.5, 0.6) is 0 Å². The third-order valence-electron chi connectivity index (χ3n) is 1.25. The molecule has 58 valence electrons. The smallest absolute Gasteiger partial charge is 0.430 e. The predicted molar refractivity (Wildman–Crippen MR) is 26.8 cm³/mol. The van der Waals surface area contributed by atoms with E-state index in [1.165, 1.54) is 0 Å². The molecule has 1 unspecified atom stereocenters. The zero-order valence-electron chi connectivity index (χ0n) is 5.27. The lowest BCUT2D eigenvalue weighted by Crippen LogP contribution is -2.36. The number of alkyl halides is 2. The minimum atomic E-state index is -2.70. The molecule has 1 atom stereocenters. The molecule has 0 amide bonds. The van der Waals surface area contributed by atoms with Crippen molar-refractivity contribution < 1.29 is 23.0 Å². The van der Waals surface area contributed by atoms with Crippen LogP contribution in [0.3, 0.4) is 0 Å². The zero-order valence-corrected chi connectivity index (χ0v) is 5.27. The van der Waals surface area contributed by atoms with Gasteiger partial charge < -0.3 is 9.47 Å². The molecule has 1 aliphatic heterocycles. The van der Waals surface area contributed by atoms with Crippen molar-refractivity contribution in [1.82, 2.24) is 0 Å². The highest BCUT2D eigenvalue weighted by Gasteiger charge is 2.46. The lowest BCUT2D eigenvalue weighted by Gasteiger charge is -2.16. The topological polar surface area (TPSA) is 35.5 Å². The van der Waals surface area contributed by atoms with E-state index in [9.17, 15) is 13.6 Å². The largest absolute Gasteiger partial charge is 0.509 e. The summed E-state index contributed by atoms with van der Waals surface area (Å²) in [6.45, 7) is 0.756. The van der Waals surface area contributed by atoms with Crippen LogP contribution in [0.15, 0.2) is 0 Å². The molecule has 10 heavy (non-hydrogen) atoms. The number of carbonyl (C=O) groups excluding carboxylic acids is 1. The molecule has 0 N–H and O–H groups in total. The lowest BCUT2D eigenvalue weighted by molar-refractivity contribution is -0.0620. The first-order chi connectivity index (χ1) is 4.54. The third-order valence-corrected chi connectivity index (χ3v) is 1.25. The SMILES string of the molecule is CC1(C(F)F)COC(=O)O1. The molecule has 1 aliphatic rings. The van der Waals surface area contributed by atoms with Gasteiger partial charge >= 0.3 is 6.16 Å². The van der Waals surface area contributed by atoms with E-state index in [-0.39, 0.29) is 6.61 Å². The summed E-state index contributed by atoms with van der Waals surface area (Å²) < 4.78 is 32.3. The molecule has 0 bridgehead atoms. The lowest BCUT2D eigenvalue weighted by atomic mass is 10.1. The molecule has 3 nitrogen and oxygen atoms in total. The summed E-state index contributed by atoms with van der Waals surface area (Å²) in [5, 5.41) is 0. The second-order valence-electron chi connectivity index (χ2n) is 2.25. The quantitative estimate of drug-likeness (QED) is 0.529. The normalized spacial score (nSPS) is 32.2. The van der Waals surface area contributed by atoms with Gasteiger partial charge in [-0.05, 0) is 6.92 Å². The van der Waals surface area contributed by atoms with Crippen LogP contribution in [0.4, 0.5) is 13.6 Å². The van der Waals surface area contributed by atoms with Gasteiger partial charge in [-0.2, -0.15) is 0 Å². The molecule has 1 rings (SSSR count). The number of carbonyl (C=O) groups is 1. The van der Waals surface area contributed by atoms with Crippen LogP contribution in [-0.2, 0) is 9.47 Å². The van der Waals surface area contributed by atoms with Crippen LogP contribution in [0.25, 0.3) is 0 Å². The summed E-state index contributed by atoms with van der Waals surface area (Å²) >= 11 is 0. The van der Waals surface area contributed by atoms with Crippen LogP contribution in [0, 0.1) is 0 Å². The molecule has 1 fully saturated rings. The molecule has 0 aromatic carbocycles. The minimum Gasteiger partial charge on any atom is -0.430 e. The van der Waals surface area contributed by atoms with Gasteiger partial charge in [0, 0.05) is 0 Å². The highest BCUT2D eigenvalue weighted by molar-refractivity contribution is 5.62. The van der Waals surface area contributed by atoms with Gasteiger partial charge in [-0.15, -0.1) is 0 Å². The molecule has 1 saturated heterocycles. The van der Waals surface area contributed by atoms with Crippen molar-refractivity contribution in [3.63, 3.8) is 0 Å². The average molecular weight is 152 g/mol. The average Bonchev–Trinajstić information content (AvgIpc) is 2.13. The standard InChI is InChI=1S/C5H6F2O3/c1-5(3(6)7)2-9-4(8)10-5/h3H,2H2,1H3. The first-order valence-electron chi connectivity index (χ1n) is 2.68. The number of halogens is 2. The molecular formula is C5H6F2O3. The Morgan fingerprint density at radius 2 is 2.30 bits per heavy atom. The van der Waals surface area contributed by atoms with Gasteiger partial charge in [-0.3, -0.25) is 0 Å². The highest BCUT2D eigenvalue weighted by Crippen LogP contribution is 2.26. The Balaban J connectivity index is 2.63. The second-order valence-corrected chi connectivity index (χ2v) is 2.25. The van der Waals surface area contributed by atoms with Crippen molar-refractivity contribution in [2.75, 3.05) is 6.61 Å². The van der Waals surface area contributed by atoms with Gasteiger partial charge in [0.15, 0.2) is 0 Å². The van der Waals surface area contributed by atoms with Crippen molar-refractivity contribution in [1.29, 1.82) is 0 Å². The number of rotatable bonds is 1. The fraction of sp³-hybridized carbons (Fsp3) is 0.800. The van der Waals surface area contributed by atoms with Gasteiger partial charge in [-0.1, -0.05) is 0 Å². The fourth-order valence-corrected chi connectivity index (χ4v) is 0.559. The van der Waals surface area contributed by atoms with E-state index in [1.807, 2.05) is 0 Å². The van der Waals surface area contributed by atoms with Crippen LogP contribution in [0.1, 0.15) is 6.92 Å². The summed E-state index contributed by atoms with van der Waals surface area (Å²) in [4.78, 5) is 10.2. The van der Waals surface area contributed by atoms with Gasteiger partial charge in [0.2, 0.25) is 5.60 Å². The minimum absolute atomic E-state index is 0.372. The summed E-state index contributed by atoms with van der Waals surface area (Å²) in [6.07, 6.45) is -3.72. The molecule has 1 heterocycles. The predicted octanol–water partition coefficient (Wildman–Crippen LogP) is 1.18. The van der Waals surface area contributed by atoms with Crippen LogP contribution in [-0.4, -0.2) is 24.8 Å². The van der Waals surface area contributed by atoms with Crippen molar-refractivity contribution >= 4 is 6.16 Å². The van der Waals surface area contributed by atoms with E-state index in [0.29, 0.717) is 0 Å². The number of ether oxygens (including phenoxy) is 2. The summed E-state index contributed by atoms with van der Waals surface area (Å²) in [5.41, 5.74) is -1.74. The summed E-state index contributed by atoms with van der Waals surface area (Å²) in [7, 11) is 0. The molecule has 0 aromatic heterocycles. The molecule has 0 spiro atoms. The molecule has 0 radical (unpaired) electrons. The van der Waals surface area contributed by atoms with Gasteiger partial charge in [0.05, 0.1) is 0 Å². The maximum atomic E-state index is 11.9. The fourth-order valence-electron chi connectivity index (χ4n) is 0.559. The summed E-state index contributed by atoms with van der Waals surface area (Å²) in [6, 6.07) is 0. The Morgan fingerprint density at radius 1 is 1.70 bits per heavy atom. The van der Waals surface area contributed by atoms with Gasteiger partial charge in [-0.25, -0.2) is 13.6 Å². The molecular weight excluding hydrogens is 146 g/mol. The van der Waals surface area contributed by atoms with Crippen molar-refractivity contribution in [3.05, 3.63) is 0 Å². The highest BCUT2D eigenvalue weighted by atomic mass is 19.3. The zero-order chi connectivity index (χ0) is 7.78. The Bertz CT molecular complexity index is 159. The van der Waals surface area contributed by atoms with Crippen molar-refractivity contribution in [2.45, 2.75) is 19.0 Å². The van der Waals surface area contributed by atoms with E-state index < -0.39 is 18.2 Å². The van der Waals surface area contributed by atoms with Gasteiger partial charge in [0.25, 0.3) is 6.43 Å². The van der Waals surface area contributed by atoms with Crippen molar-refractivity contribution in [3.8, 4) is 0 Å². The first-order valence-corrected chi connectivity index (χ1v) is 2.68. The molecule has 0 saturated carbocycles. The second kappa shape index (κ2) is 2.07. The van der Waals surface area contributed by atoms with E-state index >= 15 is 0 Å². The number of cyclic esters (lactones) is 2. The van der Waals surface area contributed by atoms with Crippen LogP contribution >= 0.6 is 0 Å².